The third kappa shape index (κ3) is 4.16. The molecule has 88 valence electrons. The van der Waals surface area contributed by atoms with Crippen molar-refractivity contribution in [2.45, 2.75) is 13.3 Å². The molecule has 0 aliphatic heterocycles. The van der Waals surface area contributed by atoms with Crippen LogP contribution in [-0.2, 0) is 4.79 Å². The monoisotopic (exact) mass is 244 g/mol. The summed E-state index contributed by atoms with van der Waals surface area (Å²) in [5, 5.41) is 5.91. The molecule has 0 heterocycles. The van der Waals surface area contributed by atoms with Gasteiger partial charge in [-0.25, -0.2) is 4.39 Å². The van der Waals surface area contributed by atoms with Crippen LogP contribution >= 0.6 is 11.6 Å². The number of carbonyl (C=O) groups is 1. The first kappa shape index (κ1) is 12.9. The lowest BCUT2D eigenvalue weighted by Gasteiger charge is -2.07. The number of halogens is 2. The fourth-order valence-electron chi connectivity index (χ4n) is 1.18. The molecule has 0 bridgehead atoms. The van der Waals surface area contributed by atoms with Crippen molar-refractivity contribution in [3.05, 3.63) is 29.0 Å². The molecule has 3 nitrogen and oxygen atoms in total. The number of anilines is 1. The first-order valence-electron chi connectivity index (χ1n) is 5.09. The maximum atomic E-state index is 12.9. The first-order valence-corrected chi connectivity index (χ1v) is 5.47. The molecule has 0 saturated carbocycles. The number of amides is 1. The third-order valence-electron chi connectivity index (χ3n) is 1.98. The normalized spacial score (nSPS) is 10.2. The van der Waals surface area contributed by atoms with Crippen molar-refractivity contribution >= 4 is 23.2 Å². The maximum absolute atomic E-state index is 12.9. The highest BCUT2D eigenvalue weighted by atomic mass is 35.5. The number of hydrogen-bond acceptors (Lipinski definition) is 2. The molecule has 0 atom stereocenters. The zero-order valence-electron chi connectivity index (χ0n) is 9.02. The SMILES string of the molecule is CCNCCC(=O)Nc1cc(F)ccc1Cl. The predicted octanol–water partition coefficient (Wildman–Crippen LogP) is 2.42. The number of nitrogens with one attached hydrogen (secondary N) is 2. The fraction of sp³-hybridized carbons (Fsp3) is 0.364. The van der Waals surface area contributed by atoms with E-state index in [0.29, 0.717) is 23.7 Å². The highest BCUT2D eigenvalue weighted by Crippen LogP contribution is 2.22. The lowest BCUT2D eigenvalue weighted by atomic mass is 10.3. The summed E-state index contributed by atoms with van der Waals surface area (Å²) in [7, 11) is 0. The van der Waals surface area contributed by atoms with Gasteiger partial charge in [-0.15, -0.1) is 0 Å². The van der Waals surface area contributed by atoms with Crippen molar-refractivity contribution in [3.63, 3.8) is 0 Å². The summed E-state index contributed by atoms with van der Waals surface area (Å²) in [6.07, 6.45) is 0.334. The molecule has 0 saturated heterocycles. The topological polar surface area (TPSA) is 41.1 Å². The van der Waals surface area contributed by atoms with Crippen LogP contribution in [0.5, 0.6) is 0 Å². The third-order valence-corrected chi connectivity index (χ3v) is 2.31. The Morgan fingerprint density at radius 3 is 2.94 bits per heavy atom. The highest BCUT2D eigenvalue weighted by molar-refractivity contribution is 6.33. The molecule has 5 heteroatoms. The molecule has 0 aromatic heterocycles. The Labute approximate surface area is 99.0 Å². The van der Waals surface area contributed by atoms with Crippen LogP contribution in [0.25, 0.3) is 0 Å². The lowest BCUT2D eigenvalue weighted by Crippen LogP contribution is -2.21. The van der Waals surface area contributed by atoms with Gasteiger partial charge in [0, 0.05) is 13.0 Å². The van der Waals surface area contributed by atoms with E-state index in [9.17, 15) is 9.18 Å². The second kappa shape index (κ2) is 6.45. The van der Waals surface area contributed by atoms with Crippen LogP contribution in [0.4, 0.5) is 10.1 Å². The van der Waals surface area contributed by atoms with Crippen LogP contribution in [0.15, 0.2) is 18.2 Å². The van der Waals surface area contributed by atoms with Gasteiger partial charge in [0.25, 0.3) is 0 Å². The number of carbonyl (C=O) groups excluding carboxylic acids is 1. The largest absolute Gasteiger partial charge is 0.325 e. The molecule has 0 aliphatic rings. The lowest BCUT2D eigenvalue weighted by molar-refractivity contribution is -0.116. The predicted molar refractivity (Wildman–Crippen MR) is 63.2 cm³/mol. The summed E-state index contributed by atoms with van der Waals surface area (Å²) in [5.74, 6) is -0.611. The van der Waals surface area contributed by atoms with Crippen LogP contribution in [0, 0.1) is 5.82 Å². The smallest absolute Gasteiger partial charge is 0.225 e. The van der Waals surface area contributed by atoms with Gasteiger partial charge in [-0.1, -0.05) is 18.5 Å². The summed E-state index contributed by atoms with van der Waals surface area (Å²) >= 11 is 5.80. The molecule has 0 fully saturated rings. The number of hydrogen-bond donors (Lipinski definition) is 2. The Hall–Kier alpha value is -1.13. The highest BCUT2D eigenvalue weighted by Gasteiger charge is 2.06. The fourth-order valence-corrected chi connectivity index (χ4v) is 1.35. The average Bonchev–Trinajstić information content (AvgIpc) is 2.24. The van der Waals surface area contributed by atoms with E-state index in [1.165, 1.54) is 18.2 Å². The Morgan fingerprint density at radius 2 is 2.25 bits per heavy atom. The molecular formula is C11H14ClFN2O. The van der Waals surface area contributed by atoms with Crippen molar-refractivity contribution in [1.29, 1.82) is 0 Å². The molecule has 0 spiro atoms. The van der Waals surface area contributed by atoms with Crippen LogP contribution in [0.3, 0.4) is 0 Å². The summed E-state index contributed by atoms with van der Waals surface area (Å²) < 4.78 is 12.9. The van der Waals surface area contributed by atoms with Crippen molar-refractivity contribution in [2.24, 2.45) is 0 Å². The second-order valence-electron chi connectivity index (χ2n) is 3.28. The van der Waals surface area contributed by atoms with Gasteiger partial charge in [0.1, 0.15) is 5.82 Å². The minimum atomic E-state index is -0.425. The molecule has 0 radical (unpaired) electrons. The molecule has 16 heavy (non-hydrogen) atoms. The van der Waals surface area contributed by atoms with Gasteiger partial charge in [0.05, 0.1) is 10.7 Å². The molecule has 1 rings (SSSR count). The molecular weight excluding hydrogens is 231 g/mol. The van der Waals surface area contributed by atoms with Crippen LogP contribution in [0.1, 0.15) is 13.3 Å². The molecule has 1 aromatic rings. The number of rotatable bonds is 5. The summed E-state index contributed by atoms with van der Waals surface area (Å²) in [6.45, 7) is 3.37. The molecule has 0 unspecified atom stereocenters. The maximum Gasteiger partial charge on any atom is 0.225 e. The van der Waals surface area contributed by atoms with Gasteiger partial charge in [-0.2, -0.15) is 0 Å². The van der Waals surface area contributed by atoms with Gasteiger partial charge in [-0.3, -0.25) is 4.79 Å². The van der Waals surface area contributed by atoms with E-state index in [1.807, 2.05) is 6.92 Å². The standard InChI is InChI=1S/C11H14ClFN2O/c1-2-14-6-5-11(16)15-10-7-8(13)3-4-9(10)12/h3-4,7,14H,2,5-6H2,1H3,(H,15,16). The van der Waals surface area contributed by atoms with Gasteiger partial charge in [0.2, 0.25) is 5.91 Å². The summed E-state index contributed by atoms with van der Waals surface area (Å²) in [4.78, 5) is 11.4. The quantitative estimate of drug-likeness (QED) is 0.781. The van der Waals surface area contributed by atoms with E-state index in [2.05, 4.69) is 10.6 Å². The van der Waals surface area contributed by atoms with Crippen molar-refractivity contribution in [1.82, 2.24) is 5.32 Å². The van der Waals surface area contributed by atoms with Gasteiger partial charge in [-0.05, 0) is 24.7 Å². The van der Waals surface area contributed by atoms with Gasteiger partial charge < -0.3 is 10.6 Å². The minimum absolute atomic E-state index is 0.187. The van der Waals surface area contributed by atoms with E-state index < -0.39 is 5.82 Å². The Bertz CT molecular complexity index is 371. The average molecular weight is 245 g/mol. The number of benzene rings is 1. The summed E-state index contributed by atoms with van der Waals surface area (Å²) in [5.41, 5.74) is 0.308. The molecule has 0 aliphatic carbocycles. The van der Waals surface area contributed by atoms with Crippen LogP contribution in [0.2, 0.25) is 5.02 Å². The Kier molecular flexibility index (Phi) is 5.22. The zero-order chi connectivity index (χ0) is 12.0. The van der Waals surface area contributed by atoms with E-state index in [4.69, 9.17) is 11.6 Å². The van der Waals surface area contributed by atoms with Crippen molar-refractivity contribution in [2.75, 3.05) is 18.4 Å². The first-order chi connectivity index (χ1) is 7.63. The second-order valence-corrected chi connectivity index (χ2v) is 3.68. The molecule has 2 N–H and O–H groups in total. The van der Waals surface area contributed by atoms with Crippen LogP contribution in [-0.4, -0.2) is 19.0 Å². The molecule has 1 aromatic carbocycles. The van der Waals surface area contributed by atoms with E-state index >= 15 is 0 Å². The minimum Gasteiger partial charge on any atom is -0.325 e. The van der Waals surface area contributed by atoms with Gasteiger partial charge in [0.15, 0.2) is 0 Å². The van der Waals surface area contributed by atoms with E-state index in [0.717, 1.165) is 6.54 Å². The van der Waals surface area contributed by atoms with E-state index in [-0.39, 0.29) is 5.91 Å². The Balaban J connectivity index is 2.52. The summed E-state index contributed by atoms with van der Waals surface area (Å²) in [6, 6.07) is 3.86. The Morgan fingerprint density at radius 1 is 1.50 bits per heavy atom. The zero-order valence-corrected chi connectivity index (χ0v) is 9.77. The molecule has 1 amide bonds. The van der Waals surface area contributed by atoms with Gasteiger partial charge >= 0.3 is 0 Å². The van der Waals surface area contributed by atoms with Crippen LogP contribution < -0.4 is 10.6 Å². The van der Waals surface area contributed by atoms with Crippen molar-refractivity contribution in [3.8, 4) is 0 Å². The van der Waals surface area contributed by atoms with Crippen molar-refractivity contribution < 1.29 is 9.18 Å². The van der Waals surface area contributed by atoms with E-state index in [1.54, 1.807) is 0 Å².